The standard InChI is InChI=1S/C16H14ClNO3/c17-14-6-2-4-12(10-14)15(19)18-8-7-11-3-1-5-13(9-11)16(20)21/h1-6,9-10H,7-8H2,(H,18,19)(H,20,21). The fraction of sp³-hybridized carbons (Fsp3) is 0.125. The van der Waals surface area contributed by atoms with Crippen LogP contribution in [0.25, 0.3) is 0 Å². The van der Waals surface area contributed by atoms with Gasteiger partial charge in [-0.15, -0.1) is 0 Å². The van der Waals surface area contributed by atoms with Gasteiger partial charge >= 0.3 is 5.97 Å². The molecule has 1 amide bonds. The topological polar surface area (TPSA) is 66.4 Å². The molecule has 108 valence electrons. The van der Waals surface area contributed by atoms with Gasteiger partial charge in [0.25, 0.3) is 5.91 Å². The van der Waals surface area contributed by atoms with Gasteiger partial charge in [-0.25, -0.2) is 4.79 Å². The van der Waals surface area contributed by atoms with Gasteiger partial charge in [0, 0.05) is 17.1 Å². The lowest BCUT2D eigenvalue weighted by molar-refractivity contribution is 0.0696. The molecule has 0 radical (unpaired) electrons. The molecule has 2 N–H and O–H groups in total. The van der Waals surface area contributed by atoms with E-state index < -0.39 is 5.97 Å². The maximum absolute atomic E-state index is 11.9. The van der Waals surface area contributed by atoms with Crippen LogP contribution in [0.5, 0.6) is 0 Å². The molecule has 2 aromatic rings. The van der Waals surface area contributed by atoms with Gasteiger partial charge in [0.15, 0.2) is 0 Å². The zero-order chi connectivity index (χ0) is 15.2. The molecule has 2 rings (SSSR count). The van der Waals surface area contributed by atoms with Crippen molar-refractivity contribution in [2.75, 3.05) is 6.54 Å². The molecule has 0 aliphatic rings. The molecule has 0 fully saturated rings. The number of carboxylic acids is 1. The second-order valence-electron chi connectivity index (χ2n) is 4.52. The Hall–Kier alpha value is -2.33. The normalized spacial score (nSPS) is 10.1. The molecular formula is C16H14ClNO3. The van der Waals surface area contributed by atoms with Crippen LogP contribution < -0.4 is 5.32 Å². The summed E-state index contributed by atoms with van der Waals surface area (Å²) >= 11 is 5.83. The average Bonchev–Trinajstić information content (AvgIpc) is 2.47. The lowest BCUT2D eigenvalue weighted by Gasteiger charge is -2.06. The van der Waals surface area contributed by atoms with E-state index in [1.165, 1.54) is 6.07 Å². The molecule has 2 aromatic carbocycles. The van der Waals surface area contributed by atoms with Crippen molar-refractivity contribution in [3.05, 3.63) is 70.2 Å². The quantitative estimate of drug-likeness (QED) is 0.892. The summed E-state index contributed by atoms with van der Waals surface area (Å²) in [7, 11) is 0. The number of nitrogens with one attached hydrogen (secondary N) is 1. The Balaban J connectivity index is 1.91. The maximum Gasteiger partial charge on any atom is 0.335 e. The van der Waals surface area contributed by atoms with Crippen molar-refractivity contribution < 1.29 is 14.7 Å². The number of hydrogen-bond donors (Lipinski definition) is 2. The van der Waals surface area contributed by atoms with Crippen molar-refractivity contribution in [1.29, 1.82) is 0 Å². The molecule has 0 aromatic heterocycles. The number of carbonyl (C=O) groups is 2. The fourth-order valence-corrected chi connectivity index (χ4v) is 2.10. The highest BCUT2D eigenvalue weighted by molar-refractivity contribution is 6.30. The molecule has 21 heavy (non-hydrogen) atoms. The minimum absolute atomic E-state index is 0.202. The first-order valence-corrected chi connectivity index (χ1v) is 6.80. The molecule has 0 aliphatic heterocycles. The van der Waals surface area contributed by atoms with Crippen molar-refractivity contribution in [3.8, 4) is 0 Å². The van der Waals surface area contributed by atoms with Gasteiger partial charge in [-0.05, 0) is 42.3 Å². The fourth-order valence-electron chi connectivity index (χ4n) is 1.91. The van der Waals surface area contributed by atoms with E-state index in [9.17, 15) is 9.59 Å². The summed E-state index contributed by atoms with van der Waals surface area (Å²) in [6, 6.07) is 13.4. The predicted molar refractivity (Wildman–Crippen MR) is 80.9 cm³/mol. The van der Waals surface area contributed by atoms with Crippen LogP contribution in [0.3, 0.4) is 0 Å². The SMILES string of the molecule is O=C(O)c1cccc(CCNC(=O)c2cccc(Cl)c2)c1. The average molecular weight is 304 g/mol. The molecule has 0 saturated carbocycles. The van der Waals surface area contributed by atoms with Crippen molar-refractivity contribution >= 4 is 23.5 Å². The Morgan fingerprint density at radius 2 is 1.76 bits per heavy atom. The van der Waals surface area contributed by atoms with Crippen LogP contribution in [-0.2, 0) is 6.42 Å². The van der Waals surface area contributed by atoms with Crippen LogP contribution in [0.1, 0.15) is 26.3 Å². The third-order valence-corrected chi connectivity index (χ3v) is 3.20. The first kappa shape index (κ1) is 15.1. The maximum atomic E-state index is 11.9. The summed E-state index contributed by atoms with van der Waals surface area (Å²) in [5, 5.41) is 12.2. The number of aromatic carboxylic acids is 1. The summed E-state index contributed by atoms with van der Waals surface area (Å²) in [4.78, 5) is 22.8. The summed E-state index contributed by atoms with van der Waals surface area (Å²) in [5.74, 6) is -1.16. The Labute approximate surface area is 127 Å². The van der Waals surface area contributed by atoms with Gasteiger partial charge in [-0.2, -0.15) is 0 Å². The van der Waals surface area contributed by atoms with Gasteiger partial charge in [-0.1, -0.05) is 29.8 Å². The number of amides is 1. The van der Waals surface area contributed by atoms with Crippen molar-refractivity contribution in [2.24, 2.45) is 0 Å². The largest absolute Gasteiger partial charge is 0.478 e. The van der Waals surface area contributed by atoms with Gasteiger partial charge in [0.1, 0.15) is 0 Å². The van der Waals surface area contributed by atoms with E-state index in [1.54, 1.807) is 36.4 Å². The van der Waals surface area contributed by atoms with E-state index in [0.717, 1.165) is 5.56 Å². The number of halogens is 1. The molecule has 0 aliphatic carbocycles. The Morgan fingerprint density at radius 3 is 2.48 bits per heavy atom. The second-order valence-corrected chi connectivity index (χ2v) is 4.96. The van der Waals surface area contributed by atoms with Gasteiger partial charge in [0.05, 0.1) is 5.56 Å². The molecular weight excluding hydrogens is 290 g/mol. The highest BCUT2D eigenvalue weighted by Crippen LogP contribution is 2.10. The van der Waals surface area contributed by atoms with E-state index in [0.29, 0.717) is 23.6 Å². The van der Waals surface area contributed by atoms with Gasteiger partial charge < -0.3 is 10.4 Å². The summed E-state index contributed by atoms with van der Waals surface area (Å²) in [6.45, 7) is 0.425. The van der Waals surface area contributed by atoms with Crippen LogP contribution in [0.15, 0.2) is 48.5 Å². The van der Waals surface area contributed by atoms with Crippen molar-refractivity contribution in [2.45, 2.75) is 6.42 Å². The summed E-state index contributed by atoms with van der Waals surface area (Å²) in [5.41, 5.74) is 1.61. The molecule has 4 nitrogen and oxygen atoms in total. The van der Waals surface area contributed by atoms with Crippen molar-refractivity contribution in [1.82, 2.24) is 5.32 Å². The molecule has 0 unspecified atom stereocenters. The molecule has 0 bridgehead atoms. The molecule has 0 saturated heterocycles. The zero-order valence-corrected chi connectivity index (χ0v) is 11.9. The van der Waals surface area contributed by atoms with Crippen LogP contribution >= 0.6 is 11.6 Å². The number of benzene rings is 2. The van der Waals surface area contributed by atoms with E-state index >= 15 is 0 Å². The third kappa shape index (κ3) is 4.33. The smallest absolute Gasteiger partial charge is 0.335 e. The summed E-state index contributed by atoms with van der Waals surface area (Å²) < 4.78 is 0. The number of rotatable bonds is 5. The van der Waals surface area contributed by atoms with Crippen molar-refractivity contribution in [3.63, 3.8) is 0 Å². The zero-order valence-electron chi connectivity index (χ0n) is 11.2. The van der Waals surface area contributed by atoms with Gasteiger partial charge in [-0.3, -0.25) is 4.79 Å². The molecule has 0 atom stereocenters. The van der Waals surface area contributed by atoms with E-state index in [-0.39, 0.29) is 11.5 Å². The Bertz CT molecular complexity index is 670. The first-order chi connectivity index (χ1) is 10.1. The number of carboxylic acid groups (broad SMARTS) is 1. The Morgan fingerprint density at radius 1 is 1.05 bits per heavy atom. The third-order valence-electron chi connectivity index (χ3n) is 2.96. The summed E-state index contributed by atoms with van der Waals surface area (Å²) in [6.07, 6.45) is 0.563. The minimum atomic E-state index is -0.959. The highest BCUT2D eigenvalue weighted by atomic mass is 35.5. The number of carbonyl (C=O) groups excluding carboxylic acids is 1. The first-order valence-electron chi connectivity index (χ1n) is 6.42. The molecule has 0 spiro atoms. The lowest BCUT2D eigenvalue weighted by Crippen LogP contribution is -2.25. The van der Waals surface area contributed by atoms with Crippen LogP contribution in [0, 0.1) is 0 Å². The van der Waals surface area contributed by atoms with Gasteiger partial charge in [0.2, 0.25) is 0 Å². The second kappa shape index (κ2) is 6.90. The van der Waals surface area contributed by atoms with Crippen LogP contribution in [0.4, 0.5) is 0 Å². The highest BCUT2D eigenvalue weighted by Gasteiger charge is 2.06. The van der Waals surface area contributed by atoms with Crippen LogP contribution in [-0.4, -0.2) is 23.5 Å². The lowest BCUT2D eigenvalue weighted by atomic mass is 10.1. The minimum Gasteiger partial charge on any atom is -0.478 e. The number of hydrogen-bond acceptors (Lipinski definition) is 2. The predicted octanol–water partition coefficient (Wildman–Crippen LogP) is 3.01. The Kier molecular flexibility index (Phi) is 4.95. The molecule has 0 heterocycles. The van der Waals surface area contributed by atoms with E-state index in [2.05, 4.69) is 5.32 Å². The van der Waals surface area contributed by atoms with Crippen LogP contribution in [0.2, 0.25) is 5.02 Å². The van der Waals surface area contributed by atoms with E-state index in [1.807, 2.05) is 6.07 Å². The van der Waals surface area contributed by atoms with E-state index in [4.69, 9.17) is 16.7 Å². The molecule has 5 heteroatoms. The monoisotopic (exact) mass is 303 g/mol.